The molecule has 165 valence electrons. The van der Waals surface area contributed by atoms with E-state index in [4.69, 9.17) is 6.48 Å². The third-order valence-corrected chi connectivity index (χ3v) is 5.61. The predicted octanol–water partition coefficient (Wildman–Crippen LogP) is 6.23. The molecule has 1 aliphatic carbocycles. The topological polar surface area (TPSA) is 63.1 Å². The number of carbonyl (C=O) groups excluding carboxylic acids is 1. The van der Waals surface area contributed by atoms with E-state index < -0.39 is 5.78 Å². The van der Waals surface area contributed by atoms with Crippen molar-refractivity contribution in [3.63, 3.8) is 0 Å². The van der Waals surface area contributed by atoms with Gasteiger partial charge in [-0.05, 0) is 48.8 Å². The second-order valence-electron chi connectivity index (χ2n) is 8.47. The Morgan fingerprint density at radius 3 is 2.50 bits per heavy atom. The standard InChI is InChI=1S/C22H17N2.C5H8O2.Ir/c1-13-8-18-20-19(9-13)23-12-24-21(20)16-10-14-6-4-5-7-15(14)11-17(16)22(18,2)3;1-4(6)3-5(2)7;/h4-9,11-12H,1-3H3;3,6H,1-2H3;/q-1;;/b;4-3-;/i;3D;. The molecule has 0 atom stereocenters. The van der Waals surface area contributed by atoms with Crippen LogP contribution < -0.4 is 0 Å². The minimum Gasteiger partial charge on any atom is -0.512 e. The monoisotopic (exact) mass is 603 g/mol. The zero-order chi connectivity index (χ0) is 23.2. The van der Waals surface area contributed by atoms with Crippen LogP contribution in [0.3, 0.4) is 0 Å². The molecule has 1 aromatic heterocycles. The van der Waals surface area contributed by atoms with Gasteiger partial charge < -0.3 is 5.11 Å². The molecule has 1 N–H and O–H groups in total. The SMILES string of the molecule is Cc1cc2c3c(ncnc3c1)-c1[c-]c3ccccc3cc1C2(C)C.[2H]/C(C(C)=O)=C(\C)O.[Ir]. The molecule has 1 radical (unpaired) electrons. The van der Waals surface area contributed by atoms with E-state index in [1.807, 2.05) is 0 Å². The quantitative estimate of drug-likeness (QED) is 0.159. The van der Waals surface area contributed by atoms with Crippen LogP contribution in [-0.4, -0.2) is 20.9 Å². The molecule has 0 amide bonds. The van der Waals surface area contributed by atoms with Gasteiger partial charge in [0.05, 0.1) is 12.6 Å². The number of carbonyl (C=O) groups is 1. The normalized spacial score (nSPS) is 14.3. The third-order valence-electron chi connectivity index (χ3n) is 5.61. The largest absolute Gasteiger partial charge is 0.512 e. The molecule has 0 unspecified atom stereocenters. The Bertz CT molecular complexity index is 1420. The summed E-state index contributed by atoms with van der Waals surface area (Å²) in [7, 11) is 0. The molecule has 5 heteroatoms. The number of aryl methyl sites for hydroxylation is 1. The summed E-state index contributed by atoms with van der Waals surface area (Å²) in [4.78, 5) is 19.3. The molecule has 0 aliphatic heterocycles. The molecular formula is C27H25IrN2O2-. The maximum atomic E-state index is 10.2. The van der Waals surface area contributed by atoms with Crippen molar-refractivity contribution in [2.75, 3.05) is 0 Å². The molecule has 0 bridgehead atoms. The molecule has 0 spiro atoms. The van der Waals surface area contributed by atoms with Crippen LogP contribution in [0.25, 0.3) is 32.9 Å². The molecule has 0 saturated heterocycles. The van der Waals surface area contributed by atoms with Crippen LogP contribution in [0.5, 0.6) is 0 Å². The summed E-state index contributed by atoms with van der Waals surface area (Å²) in [5.74, 6) is -0.637. The summed E-state index contributed by atoms with van der Waals surface area (Å²) in [6.07, 6.45) is 1.67. The van der Waals surface area contributed by atoms with Crippen molar-refractivity contribution >= 4 is 27.5 Å². The van der Waals surface area contributed by atoms with Crippen molar-refractivity contribution < 1.29 is 31.4 Å². The molecule has 1 heterocycles. The number of rotatable bonds is 1. The van der Waals surface area contributed by atoms with E-state index in [9.17, 15) is 4.79 Å². The van der Waals surface area contributed by atoms with Gasteiger partial charge in [0.25, 0.3) is 0 Å². The summed E-state index contributed by atoms with van der Waals surface area (Å²) in [6, 6.07) is 18.5. The number of nitrogens with zero attached hydrogens (tertiary/aromatic N) is 2. The molecule has 4 aromatic rings. The van der Waals surface area contributed by atoms with E-state index in [0.717, 1.165) is 22.2 Å². The van der Waals surface area contributed by atoms with Gasteiger partial charge in [0.15, 0.2) is 5.78 Å². The maximum absolute atomic E-state index is 10.2. The van der Waals surface area contributed by atoms with Crippen molar-refractivity contribution in [2.24, 2.45) is 0 Å². The molecule has 0 saturated carbocycles. The van der Waals surface area contributed by atoms with Crippen LogP contribution in [0, 0.1) is 13.0 Å². The third kappa shape index (κ3) is 4.23. The van der Waals surface area contributed by atoms with Crippen molar-refractivity contribution in [3.8, 4) is 11.3 Å². The van der Waals surface area contributed by atoms with E-state index in [1.54, 1.807) is 6.33 Å². The van der Waals surface area contributed by atoms with E-state index in [0.29, 0.717) is 0 Å². The number of aliphatic hydroxyl groups excluding tert-OH is 1. The van der Waals surface area contributed by atoms with Crippen molar-refractivity contribution in [1.29, 1.82) is 0 Å². The minimum absolute atomic E-state index is 0. The van der Waals surface area contributed by atoms with E-state index in [2.05, 4.69) is 79.3 Å². The van der Waals surface area contributed by atoms with Crippen LogP contribution in [0.15, 0.2) is 60.6 Å². The molecular weight excluding hydrogens is 577 g/mol. The minimum atomic E-state index is -0.412. The maximum Gasteiger partial charge on any atom is 0.155 e. The van der Waals surface area contributed by atoms with Gasteiger partial charge >= 0.3 is 0 Å². The predicted molar refractivity (Wildman–Crippen MR) is 125 cm³/mol. The second-order valence-corrected chi connectivity index (χ2v) is 8.47. The van der Waals surface area contributed by atoms with Crippen molar-refractivity contribution in [2.45, 2.75) is 40.0 Å². The first-order valence-corrected chi connectivity index (χ1v) is 10.2. The first-order valence-electron chi connectivity index (χ1n) is 10.7. The fourth-order valence-corrected chi connectivity index (χ4v) is 4.26. The van der Waals surface area contributed by atoms with Gasteiger partial charge in [-0.15, -0.1) is 23.6 Å². The number of benzene rings is 3. The van der Waals surface area contributed by atoms with Crippen molar-refractivity contribution in [1.82, 2.24) is 9.97 Å². The summed E-state index contributed by atoms with van der Waals surface area (Å²) >= 11 is 0. The first kappa shape index (κ1) is 22.3. The van der Waals surface area contributed by atoms with E-state index >= 15 is 0 Å². The molecule has 32 heavy (non-hydrogen) atoms. The van der Waals surface area contributed by atoms with Gasteiger partial charge in [-0.1, -0.05) is 54.6 Å². The number of ketones is 1. The van der Waals surface area contributed by atoms with Gasteiger partial charge in [-0.3, -0.25) is 9.78 Å². The van der Waals surface area contributed by atoms with Crippen LogP contribution in [0.4, 0.5) is 0 Å². The van der Waals surface area contributed by atoms with Gasteiger partial charge in [-0.2, -0.15) is 0 Å². The summed E-state index contributed by atoms with van der Waals surface area (Å²) in [6.45, 7) is 9.26. The molecule has 0 fully saturated rings. The van der Waals surface area contributed by atoms with Crippen LogP contribution in [0.1, 0.15) is 45.8 Å². The average Bonchev–Trinajstić information content (AvgIpc) is 2.76. The molecule has 5 rings (SSSR count). The number of aromatic nitrogens is 2. The van der Waals surface area contributed by atoms with Gasteiger partial charge in [0.1, 0.15) is 6.33 Å². The van der Waals surface area contributed by atoms with Crippen LogP contribution >= 0.6 is 0 Å². The van der Waals surface area contributed by atoms with Gasteiger partial charge in [-0.25, -0.2) is 4.98 Å². The van der Waals surface area contributed by atoms with Gasteiger partial charge in [0.2, 0.25) is 0 Å². The molecule has 1 aliphatic rings. The first-order chi connectivity index (χ1) is 15.1. The Morgan fingerprint density at radius 2 is 1.84 bits per heavy atom. The second kappa shape index (κ2) is 8.93. The molecule has 3 aromatic carbocycles. The van der Waals surface area contributed by atoms with Crippen molar-refractivity contribution in [3.05, 3.63) is 83.4 Å². The summed E-state index contributed by atoms with van der Waals surface area (Å²) in [5.41, 5.74) is 6.89. The zero-order valence-corrected chi connectivity index (χ0v) is 21.1. The number of hydrogen-bond donors (Lipinski definition) is 1. The van der Waals surface area contributed by atoms with Crippen LogP contribution in [-0.2, 0) is 30.3 Å². The van der Waals surface area contributed by atoms with Gasteiger partial charge in [0, 0.05) is 31.9 Å². The fourth-order valence-electron chi connectivity index (χ4n) is 4.26. The number of aliphatic hydroxyl groups is 1. The molecule has 4 nitrogen and oxygen atoms in total. The fraction of sp³-hybridized carbons (Fsp3) is 0.222. The number of hydrogen-bond acceptors (Lipinski definition) is 4. The Hall–Kier alpha value is -2.88. The van der Waals surface area contributed by atoms with E-state index in [-0.39, 0.29) is 37.3 Å². The average molecular weight is 603 g/mol. The smallest absolute Gasteiger partial charge is 0.155 e. The Morgan fingerprint density at radius 1 is 1.12 bits per heavy atom. The Labute approximate surface area is 203 Å². The Kier molecular flexibility index (Phi) is 6.23. The number of fused-ring (bicyclic) bond motifs is 3. The zero-order valence-electron chi connectivity index (χ0n) is 19.7. The summed E-state index contributed by atoms with van der Waals surface area (Å²) in [5, 5.41) is 12.0. The van der Waals surface area contributed by atoms with Crippen LogP contribution in [0.2, 0.25) is 0 Å². The number of allylic oxidation sites excluding steroid dienone is 2. The summed E-state index contributed by atoms with van der Waals surface area (Å²) < 4.78 is 6.76. The Balaban J connectivity index is 0.000000297. The van der Waals surface area contributed by atoms with E-state index in [1.165, 1.54) is 41.3 Å².